The van der Waals surface area contributed by atoms with Crippen molar-refractivity contribution in [2.45, 2.75) is 56.5 Å². The van der Waals surface area contributed by atoms with Crippen molar-refractivity contribution in [3.63, 3.8) is 0 Å². The van der Waals surface area contributed by atoms with Gasteiger partial charge in [0.2, 0.25) is 0 Å². The number of aryl methyl sites for hydroxylation is 1. The van der Waals surface area contributed by atoms with E-state index in [2.05, 4.69) is 9.55 Å². The lowest BCUT2D eigenvalue weighted by Crippen LogP contribution is -2.45. The summed E-state index contributed by atoms with van der Waals surface area (Å²) in [6, 6.07) is 0.209. The van der Waals surface area contributed by atoms with Crippen LogP contribution in [-0.2, 0) is 17.6 Å². The summed E-state index contributed by atoms with van der Waals surface area (Å²) in [5.74, 6) is -0.876. The van der Waals surface area contributed by atoms with Gasteiger partial charge in [-0.25, -0.2) is 4.98 Å². The summed E-state index contributed by atoms with van der Waals surface area (Å²) in [4.78, 5) is 15.6. The van der Waals surface area contributed by atoms with Crippen LogP contribution in [-0.4, -0.2) is 26.2 Å². The van der Waals surface area contributed by atoms with Gasteiger partial charge in [-0.05, 0) is 44.9 Å². The third kappa shape index (κ3) is 1.73. The highest BCUT2D eigenvalue weighted by molar-refractivity contribution is 5.78. The van der Waals surface area contributed by atoms with Crippen LogP contribution in [0.4, 0.5) is 0 Å². The molecule has 1 aromatic heterocycles. The average molecular weight is 249 g/mol. The number of hydrogen-bond acceptors (Lipinski definition) is 3. The molecule has 0 amide bonds. The van der Waals surface area contributed by atoms with Crippen LogP contribution in [0.5, 0.6) is 0 Å². The number of rotatable bonds is 2. The van der Waals surface area contributed by atoms with E-state index >= 15 is 0 Å². The summed E-state index contributed by atoms with van der Waals surface area (Å²) in [5.41, 5.74) is 7.40. The van der Waals surface area contributed by atoms with Crippen molar-refractivity contribution in [1.82, 2.24) is 9.55 Å². The van der Waals surface area contributed by atoms with Crippen LogP contribution in [0.25, 0.3) is 0 Å². The fourth-order valence-electron chi connectivity index (χ4n) is 3.29. The Hall–Kier alpha value is -1.36. The second-order valence-corrected chi connectivity index (χ2v) is 5.61. The van der Waals surface area contributed by atoms with Gasteiger partial charge in [-0.2, -0.15) is 0 Å². The largest absolute Gasteiger partial charge is 0.480 e. The van der Waals surface area contributed by atoms with Crippen LogP contribution >= 0.6 is 0 Å². The van der Waals surface area contributed by atoms with Gasteiger partial charge in [0.1, 0.15) is 5.54 Å². The molecular formula is C13H19N3O2. The van der Waals surface area contributed by atoms with Crippen molar-refractivity contribution in [2.24, 2.45) is 5.73 Å². The van der Waals surface area contributed by atoms with E-state index in [1.807, 2.05) is 6.33 Å². The van der Waals surface area contributed by atoms with Gasteiger partial charge >= 0.3 is 5.97 Å². The lowest BCUT2D eigenvalue weighted by molar-refractivity contribution is -0.143. The Morgan fingerprint density at radius 1 is 1.50 bits per heavy atom. The smallest absolute Gasteiger partial charge is 0.323 e. The molecule has 0 aromatic carbocycles. The Labute approximate surface area is 106 Å². The van der Waals surface area contributed by atoms with Crippen LogP contribution < -0.4 is 5.73 Å². The standard InChI is InChI=1S/C13H19N3O2/c14-13(12(17)18)6-5-9(7-13)16-8-15-10-3-1-2-4-11(10)16/h8-9H,1-7,14H2,(H,17,18). The lowest BCUT2D eigenvalue weighted by Gasteiger charge is -2.21. The van der Waals surface area contributed by atoms with Crippen LogP contribution in [0.15, 0.2) is 6.33 Å². The molecule has 5 heteroatoms. The second-order valence-electron chi connectivity index (χ2n) is 5.61. The number of carboxylic acid groups (broad SMARTS) is 1. The van der Waals surface area contributed by atoms with Crippen LogP contribution in [0.1, 0.15) is 49.5 Å². The van der Waals surface area contributed by atoms with Crippen LogP contribution in [0.3, 0.4) is 0 Å². The predicted octanol–water partition coefficient (Wildman–Crippen LogP) is 1.27. The van der Waals surface area contributed by atoms with Crippen molar-refractivity contribution in [2.75, 3.05) is 0 Å². The number of carboxylic acids is 1. The first-order chi connectivity index (χ1) is 8.60. The Morgan fingerprint density at radius 3 is 3.00 bits per heavy atom. The normalized spacial score (nSPS) is 31.3. The zero-order chi connectivity index (χ0) is 12.8. The average Bonchev–Trinajstić information content (AvgIpc) is 2.93. The van der Waals surface area contributed by atoms with E-state index in [1.165, 1.54) is 24.2 Å². The molecule has 98 valence electrons. The first kappa shape index (κ1) is 11.7. The van der Waals surface area contributed by atoms with E-state index in [0.29, 0.717) is 12.8 Å². The number of hydrogen-bond donors (Lipinski definition) is 2. The molecule has 2 atom stereocenters. The maximum Gasteiger partial charge on any atom is 0.323 e. The molecule has 1 aromatic rings. The summed E-state index contributed by atoms with van der Waals surface area (Å²) in [6.45, 7) is 0. The predicted molar refractivity (Wildman–Crippen MR) is 66.3 cm³/mol. The van der Waals surface area contributed by atoms with Gasteiger partial charge in [-0.3, -0.25) is 4.79 Å². The van der Waals surface area contributed by atoms with E-state index < -0.39 is 11.5 Å². The molecule has 2 aliphatic rings. The summed E-state index contributed by atoms with van der Waals surface area (Å²) < 4.78 is 2.19. The number of aliphatic carboxylic acids is 1. The number of imidazole rings is 1. The summed E-state index contributed by atoms with van der Waals surface area (Å²) in [6.07, 6.45) is 8.34. The highest BCUT2D eigenvalue weighted by Crippen LogP contribution is 2.38. The minimum Gasteiger partial charge on any atom is -0.480 e. The van der Waals surface area contributed by atoms with E-state index in [9.17, 15) is 9.90 Å². The number of nitrogens with zero attached hydrogens (tertiary/aromatic N) is 2. The van der Waals surface area contributed by atoms with Crippen molar-refractivity contribution >= 4 is 5.97 Å². The molecule has 0 saturated heterocycles. The maximum atomic E-state index is 11.2. The Balaban J connectivity index is 1.85. The van der Waals surface area contributed by atoms with Gasteiger partial charge in [-0.15, -0.1) is 0 Å². The molecule has 0 radical (unpaired) electrons. The SMILES string of the molecule is NC1(C(=O)O)CCC(n2cnc3c2CCCC3)C1. The highest BCUT2D eigenvalue weighted by Gasteiger charge is 2.43. The first-order valence-corrected chi connectivity index (χ1v) is 6.67. The van der Waals surface area contributed by atoms with Gasteiger partial charge in [0.15, 0.2) is 0 Å². The van der Waals surface area contributed by atoms with E-state index in [1.54, 1.807) is 0 Å². The number of nitrogens with two attached hydrogens (primary N) is 1. The van der Waals surface area contributed by atoms with Gasteiger partial charge in [0.05, 0.1) is 12.0 Å². The number of fused-ring (bicyclic) bond motifs is 1. The second kappa shape index (κ2) is 4.09. The minimum atomic E-state index is -1.05. The number of carbonyl (C=O) groups is 1. The monoisotopic (exact) mass is 249 g/mol. The fourth-order valence-corrected chi connectivity index (χ4v) is 3.29. The van der Waals surface area contributed by atoms with Crippen molar-refractivity contribution in [3.8, 4) is 0 Å². The van der Waals surface area contributed by atoms with Gasteiger partial charge in [-0.1, -0.05) is 0 Å². The molecule has 1 saturated carbocycles. The Bertz CT molecular complexity index is 483. The molecular weight excluding hydrogens is 230 g/mol. The fraction of sp³-hybridized carbons (Fsp3) is 0.692. The third-order valence-corrected chi connectivity index (χ3v) is 4.40. The lowest BCUT2D eigenvalue weighted by atomic mass is 9.98. The van der Waals surface area contributed by atoms with Crippen molar-refractivity contribution in [3.05, 3.63) is 17.7 Å². The minimum absolute atomic E-state index is 0.209. The summed E-state index contributed by atoms with van der Waals surface area (Å²) in [5, 5.41) is 9.18. The van der Waals surface area contributed by atoms with Gasteiger partial charge in [0, 0.05) is 11.7 Å². The van der Waals surface area contributed by atoms with Crippen LogP contribution in [0.2, 0.25) is 0 Å². The molecule has 0 spiro atoms. The van der Waals surface area contributed by atoms with Crippen molar-refractivity contribution in [1.29, 1.82) is 0 Å². The highest BCUT2D eigenvalue weighted by atomic mass is 16.4. The molecule has 1 fully saturated rings. The van der Waals surface area contributed by atoms with E-state index in [-0.39, 0.29) is 6.04 Å². The van der Waals surface area contributed by atoms with Crippen LogP contribution in [0, 0.1) is 0 Å². The zero-order valence-corrected chi connectivity index (χ0v) is 10.4. The molecule has 0 aliphatic heterocycles. The molecule has 3 rings (SSSR count). The van der Waals surface area contributed by atoms with E-state index in [4.69, 9.17) is 5.73 Å². The summed E-state index contributed by atoms with van der Waals surface area (Å²) in [7, 11) is 0. The Morgan fingerprint density at radius 2 is 2.28 bits per heavy atom. The molecule has 5 nitrogen and oxygen atoms in total. The van der Waals surface area contributed by atoms with E-state index in [0.717, 1.165) is 19.3 Å². The third-order valence-electron chi connectivity index (χ3n) is 4.40. The first-order valence-electron chi connectivity index (χ1n) is 6.67. The zero-order valence-electron chi connectivity index (χ0n) is 10.4. The van der Waals surface area contributed by atoms with Gasteiger partial charge < -0.3 is 15.4 Å². The Kier molecular flexibility index (Phi) is 2.66. The topological polar surface area (TPSA) is 81.1 Å². The molecule has 1 heterocycles. The number of aromatic nitrogens is 2. The molecule has 2 unspecified atom stereocenters. The quantitative estimate of drug-likeness (QED) is 0.827. The van der Waals surface area contributed by atoms with Crippen molar-refractivity contribution < 1.29 is 9.90 Å². The molecule has 0 bridgehead atoms. The molecule has 2 aliphatic carbocycles. The molecule has 18 heavy (non-hydrogen) atoms. The maximum absolute atomic E-state index is 11.2. The summed E-state index contributed by atoms with van der Waals surface area (Å²) >= 11 is 0. The van der Waals surface area contributed by atoms with Gasteiger partial charge in [0.25, 0.3) is 0 Å². The molecule has 3 N–H and O–H groups in total.